The Kier molecular flexibility index (Phi) is 6.54. The second-order valence-corrected chi connectivity index (χ2v) is 10.5. The second kappa shape index (κ2) is 9.78. The Hall–Kier alpha value is -3.64. The zero-order chi connectivity index (χ0) is 25.4. The molecule has 1 aliphatic heterocycles. The third kappa shape index (κ3) is 4.37. The molecule has 1 aromatic heterocycles. The van der Waals surface area contributed by atoms with Crippen molar-refractivity contribution in [3.05, 3.63) is 46.3 Å². The number of anilines is 2. The molecule has 2 heterocycles. The Labute approximate surface area is 211 Å². The molecule has 1 unspecified atom stereocenters. The summed E-state index contributed by atoms with van der Waals surface area (Å²) in [5.74, 6) is 0.464. The first-order chi connectivity index (χ1) is 17.4. The number of hydrogen-bond acceptors (Lipinski definition) is 7. The monoisotopic (exact) mass is 487 g/mol. The van der Waals surface area contributed by atoms with Crippen LogP contribution in [0.1, 0.15) is 50.1 Å². The molecule has 1 saturated carbocycles. The second-order valence-electron chi connectivity index (χ2n) is 10.5. The van der Waals surface area contributed by atoms with Crippen LogP contribution in [0.4, 0.5) is 17.1 Å². The van der Waals surface area contributed by atoms with Crippen molar-refractivity contribution >= 4 is 28.1 Å². The summed E-state index contributed by atoms with van der Waals surface area (Å²) in [5.41, 5.74) is 9.84. The molecule has 0 radical (unpaired) electrons. The van der Waals surface area contributed by atoms with E-state index in [1.807, 2.05) is 24.5 Å². The maximum atomic E-state index is 12.1. The molecule has 1 saturated heterocycles. The Bertz CT molecular complexity index is 1330. The number of aromatic nitrogens is 2. The molecule has 0 bridgehead atoms. The number of nitrogens with zero attached hydrogens (tertiary/aromatic N) is 6. The van der Waals surface area contributed by atoms with Crippen molar-refractivity contribution < 1.29 is 4.92 Å². The van der Waals surface area contributed by atoms with Crippen molar-refractivity contribution in [2.75, 3.05) is 44.4 Å². The van der Waals surface area contributed by atoms with Gasteiger partial charge in [0.2, 0.25) is 0 Å². The minimum Gasteiger partial charge on any atom is -0.392 e. The van der Waals surface area contributed by atoms with Gasteiger partial charge in [-0.15, -0.1) is 0 Å². The van der Waals surface area contributed by atoms with Gasteiger partial charge in [0, 0.05) is 25.7 Å². The van der Waals surface area contributed by atoms with Crippen LogP contribution in [0.5, 0.6) is 0 Å². The minimum atomic E-state index is -0.473. The first-order valence-corrected chi connectivity index (χ1v) is 12.7. The molecule has 5 rings (SSSR count). The molecule has 188 valence electrons. The molecule has 2 aromatic carbocycles. The van der Waals surface area contributed by atoms with Gasteiger partial charge in [0.15, 0.2) is 0 Å². The van der Waals surface area contributed by atoms with E-state index in [2.05, 4.69) is 39.5 Å². The number of nitrogens with two attached hydrogens (primary N) is 1. The van der Waals surface area contributed by atoms with Gasteiger partial charge < -0.3 is 20.1 Å². The van der Waals surface area contributed by atoms with Crippen molar-refractivity contribution in [3.8, 4) is 17.2 Å². The lowest BCUT2D eigenvalue weighted by Gasteiger charge is -2.24. The number of nitro benzene ring substituents is 1. The van der Waals surface area contributed by atoms with Crippen LogP contribution >= 0.6 is 0 Å². The summed E-state index contributed by atoms with van der Waals surface area (Å²) in [4.78, 5) is 20.6. The predicted molar refractivity (Wildman–Crippen MR) is 142 cm³/mol. The highest BCUT2D eigenvalue weighted by Crippen LogP contribution is 2.44. The molecule has 1 atom stereocenters. The molecule has 1 aliphatic carbocycles. The summed E-state index contributed by atoms with van der Waals surface area (Å²) in [7, 11) is 4.11. The smallest absolute Gasteiger partial charge is 0.301 e. The van der Waals surface area contributed by atoms with Gasteiger partial charge in [-0.1, -0.05) is 25.3 Å². The lowest BCUT2D eigenvalue weighted by atomic mass is 9.95. The number of benzene rings is 2. The molecule has 36 heavy (non-hydrogen) atoms. The van der Waals surface area contributed by atoms with Gasteiger partial charge >= 0.3 is 5.69 Å². The van der Waals surface area contributed by atoms with Gasteiger partial charge in [-0.3, -0.25) is 10.1 Å². The Morgan fingerprint density at radius 1 is 1.22 bits per heavy atom. The van der Waals surface area contributed by atoms with E-state index in [-0.39, 0.29) is 16.9 Å². The molecule has 2 fully saturated rings. The molecule has 9 heteroatoms. The Morgan fingerprint density at radius 2 is 2.00 bits per heavy atom. The third-order valence-corrected chi connectivity index (χ3v) is 7.71. The molecule has 0 spiro atoms. The number of rotatable bonds is 6. The molecule has 3 aromatic rings. The lowest BCUT2D eigenvalue weighted by Crippen LogP contribution is -2.26. The number of imidazole rings is 1. The summed E-state index contributed by atoms with van der Waals surface area (Å²) in [5, 5.41) is 22.0. The number of fused-ring (bicyclic) bond motifs is 1. The average Bonchev–Trinajstić information content (AvgIpc) is 3.50. The lowest BCUT2D eigenvalue weighted by molar-refractivity contribution is -0.383. The highest BCUT2D eigenvalue weighted by molar-refractivity contribution is 5.93. The Balaban J connectivity index is 1.58. The van der Waals surface area contributed by atoms with Gasteiger partial charge in [0.05, 0.1) is 33.5 Å². The topological polar surface area (TPSA) is 117 Å². The van der Waals surface area contributed by atoms with Crippen LogP contribution in [0.25, 0.3) is 22.2 Å². The maximum absolute atomic E-state index is 12.1. The molecule has 9 nitrogen and oxygen atoms in total. The quantitative estimate of drug-likeness (QED) is 0.297. The fourth-order valence-corrected chi connectivity index (χ4v) is 6.03. The predicted octanol–water partition coefficient (Wildman–Crippen LogP) is 4.96. The largest absolute Gasteiger partial charge is 0.392 e. The summed E-state index contributed by atoms with van der Waals surface area (Å²) in [6, 6.07) is 10.2. The summed E-state index contributed by atoms with van der Waals surface area (Å²) in [6.07, 6.45) is 8.94. The standard InChI is InChI=1S/C27H33N7O2/c1-31(2)15-18-10-11-32(16-18)25-13-21(27(34(35)36)26(29)22(25)14-28)19-8-9-24-23(12-19)30-17-33(24)20-6-4-3-5-7-20/h8-9,12-13,17-18,20H,3-7,10-11,15-16,29H2,1-2H3. The fourth-order valence-electron chi connectivity index (χ4n) is 6.03. The van der Waals surface area contributed by atoms with Crippen LogP contribution in [-0.4, -0.2) is 53.1 Å². The molecular weight excluding hydrogens is 454 g/mol. The van der Waals surface area contributed by atoms with E-state index in [1.54, 1.807) is 6.07 Å². The number of hydrogen-bond donors (Lipinski definition) is 1. The number of nitro groups is 1. The summed E-state index contributed by atoms with van der Waals surface area (Å²) >= 11 is 0. The zero-order valence-electron chi connectivity index (χ0n) is 21.0. The Morgan fingerprint density at radius 3 is 2.69 bits per heavy atom. The van der Waals surface area contributed by atoms with Crippen molar-refractivity contribution in [1.29, 1.82) is 5.26 Å². The van der Waals surface area contributed by atoms with E-state index < -0.39 is 4.92 Å². The van der Waals surface area contributed by atoms with E-state index in [9.17, 15) is 15.4 Å². The minimum absolute atomic E-state index is 0.0705. The van der Waals surface area contributed by atoms with E-state index in [1.165, 1.54) is 19.3 Å². The van der Waals surface area contributed by atoms with Crippen LogP contribution in [0, 0.1) is 27.4 Å². The molecular formula is C27H33N7O2. The zero-order valence-corrected chi connectivity index (χ0v) is 21.0. The van der Waals surface area contributed by atoms with Crippen LogP contribution in [0.2, 0.25) is 0 Å². The van der Waals surface area contributed by atoms with Crippen molar-refractivity contribution in [3.63, 3.8) is 0 Å². The summed E-state index contributed by atoms with van der Waals surface area (Å²) in [6.45, 7) is 2.52. The van der Waals surface area contributed by atoms with Crippen molar-refractivity contribution in [1.82, 2.24) is 14.5 Å². The van der Waals surface area contributed by atoms with Crippen molar-refractivity contribution in [2.45, 2.75) is 44.6 Å². The normalized spacial score (nSPS) is 18.7. The van der Waals surface area contributed by atoms with E-state index in [0.29, 0.717) is 28.8 Å². The summed E-state index contributed by atoms with van der Waals surface area (Å²) < 4.78 is 2.25. The van der Waals surface area contributed by atoms with Gasteiger partial charge in [0.25, 0.3) is 0 Å². The third-order valence-electron chi connectivity index (χ3n) is 7.71. The first kappa shape index (κ1) is 24.1. The average molecular weight is 488 g/mol. The fraction of sp³-hybridized carbons (Fsp3) is 0.481. The molecule has 0 amide bonds. The van der Waals surface area contributed by atoms with Gasteiger partial charge in [-0.2, -0.15) is 5.26 Å². The SMILES string of the molecule is CN(C)CC1CCN(c2cc(-c3ccc4c(c3)ncn4C3CCCCC3)c([N+](=O)[O-])c(N)c2C#N)C1. The molecule has 2 aliphatic rings. The molecule has 2 N–H and O–H groups in total. The van der Waals surface area contributed by atoms with E-state index >= 15 is 0 Å². The highest BCUT2D eigenvalue weighted by Gasteiger charge is 2.31. The van der Waals surface area contributed by atoms with Crippen LogP contribution in [0.15, 0.2) is 30.6 Å². The maximum Gasteiger partial charge on any atom is 0.301 e. The van der Waals surface area contributed by atoms with Gasteiger partial charge in [0.1, 0.15) is 17.3 Å². The van der Waals surface area contributed by atoms with Crippen LogP contribution in [-0.2, 0) is 0 Å². The van der Waals surface area contributed by atoms with E-state index in [4.69, 9.17) is 5.73 Å². The van der Waals surface area contributed by atoms with Crippen molar-refractivity contribution in [2.24, 2.45) is 5.92 Å². The first-order valence-electron chi connectivity index (χ1n) is 12.7. The van der Waals surface area contributed by atoms with Gasteiger partial charge in [-0.25, -0.2) is 4.98 Å². The van der Waals surface area contributed by atoms with Gasteiger partial charge in [-0.05, 0) is 63.0 Å². The number of nitrogen functional groups attached to an aromatic ring is 1. The van der Waals surface area contributed by atoms with Crippen LogP contribution < -0.4 is 10.6 Å². The van der Waals surface area contributed by atoms with Crippen LogP contribution in [0.3, 0.4) is 0 Å². The number of nitriles is 1. The van der Waals surface area contributed by atoms with E-state index in [0.717, 1.165) is 49.9 Å². The highest BCUT2D eigenvalue weighted by atomic mass is 16.6.